The molecule has 1 atom stereocenters. The van der Waals surface area contributed by atoms with Crippen LogP contribution in [0.1, 0.15) is 5.56 Å². The zero-order chi connectivity index (χ0) is 20.4. The lowest BCUT2D eigenvalue weighted by molar-refractivity contribution is 0.0539. The van der Waals surface area contributed by atoms with Gasteiger partial charge < -0.3 is 24.1 Å². The van der Waals surface area contributed by atoms with Crippen LogP contribution in [0.15, 0.2) is 42.5 Å². The van der Waals surface area contributed by atoms with Crippen LogP contribution in [0.25, 0.3) is 0 Å². The summed E-state index contributed by atoms with van der Waals surface area (Å²) in [6.07, 6.45) is -0.663. The Morgan fingerprint density at radius 2 is 1.79 bits per heavy atom. The maximum Gasteiger partial charge on any atom is 0.165 e. The third-order valence-electron chi connectivity index (χ3n) is 4.22. The molecule has 0 aliphatic rings. The number of hydrogen-bond acceptors (Lipinski definition) is 6. The number of rotatable bonds is 12. The van der Waals surface area contributed by atoms with Crippen molar-refractivity contribution in [3.8, 4) is 17.2 Å². The molecule has 2 aromatic rings. The van der Waals surface area contributed by atoms with Gasteiger partial charge in [0.1, 0.15) is 18.5 Å². The molecule has 1 N–H and O–H groups in total. The van der Waals surface area contributed by atoms with Crippen LogP contribution in [0.2, 0.25) is 5.02 Å². The molecule has 2 aromatic carbocycles. The van der Waals surface area contributed by atoms with Crippen molar-refractivity contribution < 1.29 is 24.1 Å². The van der Waals surface area contributed by atoms with E-state index in [1.165, 1.54) is 0 Å². The number of aliphatic hydroxyl groups excluding tert-OH is 1. The van der Waals surface area contributed by atoms with Crippen LogP contribution >= 0.6 is 11.6 Å². The summed E-state index contributed by atoms with van der Waals surface area (Å²) in [5.41, 5.74) is 0.976. The number of hydrogen-bond donors (Lipinski definition) is 1. The van der Waals surface area contributed by atoms with E-state index in [1.807, 2.05) is 18.2 Å². The molecule has 0 radical (unpaired) electrons. The Labute approximate surface area is 171 Å². The fourth-order valence-electron chi connectivity index (χ4n) is 2.85. The lowest BCUT2D eigenvalue weighted by atomic mass is 10.1. The first-order valence-electron chi connectivity index (χ1n) is 9.05. The summed E-state index contributed by atoms with van der Waals surface area (Å²) in [4.78, 5) is 2.09. The molecule has 7 heteroatoms. The Hall–Kier alpha value is -1.99. The van der Waals surface area contributed by atoms with Crippen molar-refractivity contribution in [2.75, 3.05) is 47.6 Å². The highest BCUT2D eigenvalue weighted by molar-refractivity contribution is 6.30. The minimum Gasteiger partial charge on any atom is -0.493 e. The largest absolute Gasteiger partial charge is 0.493 e. The zero-order valence-corrected chi connectivity index (χ0v) is 17.3. The zero-order valence-electron chi connectivity index (χ0n) is 16.6. The third-order valence-corrected chi connectivity index (χ3v) is 4.47. The number of halogens is 1. The smallest absolute Gasteiger partial charge is 0.165 e. The van der Waals surface area contributed by atoms with Crippen LogP contribution in [-0.2, 0) is 11.3 Å². The van der Waals surface area contributed by atoms with Gasteiger partial charge in [0.05, 0.1) is 20.8 Å². The van der Waals surface area contributed by atoms with Gasteiger partial charge in [-0.15, -0.1) is 0 Å². The van der Waals surface area contributed by atoms with Crippen molar-refractivity contribution in [3.05, 3.63) is 53.1 Å². The van der Waals surface area contributed by atoms with E-state index in [-0.39, 0.29) is 6.61 Å². The van der Waals surface area contributed by atoms with E-state index in [1.54, 1.807) is 45.6 Å². The molecule has 0 saturated heterocycles. The quantitative estimate of drug-likeness (QED) is 0.580. The molecule has 28 heavy (non-hydrogen) atoms. The number of benzene rings is 2. The van der Waals surface area contributed by atoms with E-state index in [0.29, 0.717) is 48.5 Å². The monoisotopic (exact) mass is 409 g/mol. The normalized spacial score (nSPS) is 12.1. The molecule has 0 amide bonds. The van der Waals surface area contributed by atoms with Gasteiger partial charge in [-0.1, -0.05) is 23.7 Å². The predicted octanol–water partition coefficient (Wildman–Crippen LogP) is 3.25. The van der Waals surface area contributed by atoms with E-state index >= 15 is 0 Å². The maximum absolute atomic E-state index is 10.5. The van der Waals surface area contributed by atoms with Gasteiger partial charge in [0, 0.05) is 37.3 Å². The number of aliphatic hydroxyl groups is 1. The summed E-state index contributed by atoms with van der Waals surface area (Å²) in [6.45, 7) is 2.41. The van der Waals surface area contributed by atoms with Gasteiger partial charge in [-0.25, -0.2) is 0 Å². The third kappa shape index (κ3) is 6.87. The predicted molar refractivity (Wildman–Crippen MR) is 110 cm³/mol. The van der Waals surface area contributed by atoms with E-state index < -0.39 is 6.10 Å². The summed E-state index contributed by atoms with van der Waals surface area (Å²) in [6, 6.07) is 12.8. The van der Waals surface area contributed by atoms with Crippen LogP contribution in [0.3, 0.4) is 0 Å². The molecule has 154 valence electrons. The van der Waals surface area contributed by atoms with E-state index in [0.717, 1.165) is 5.56 Å². The van der Waals surface area contributed by atoms with Crippen LogP contribution in [-0.4, -0.2) is 63.7 Å². The summed E-state index contributed by atoms with van der Waals surface area (Å²) in [5, 5.41) is 11.1. The van der Waals surface area contributed by atoms with Crippen LogP contribution in [0.4, 0.5) is 0 Å². The Morgan fingerprint density at radius 1 is 1.04 bits per heavy atom. The minimum absolute atomic E-state index is 0.181. The summed E-state index contributed by atoms with van der Waals surface area (Å²) >= 11 is 5.87. The Morgan fingerprint density at radius 3 is 2.43 bits per heavy atom. The minimum atomic E-state index is -0.663. The number of para-hydroxylation sites is 1. The van der Waals surface area contributed by atoms with Gasteiger partial charge >= 0.3 is 0 Å². The second kappa shape index (κ2) is 11.8. The molecule has 0 saturated carbocycles. The van der Waals surface area contributed by atoms with E-state index in [4.69, 9.17) is 30.5 Å². The first-order valence-corrected chi connectivity index (χ1v) is 9.42. The van der Waals surface area contributed by atoms with Gasteiger partial charge in [0.2, 0.25) is 0 Å². The summed E-state index contributed by atoms with van der Waals surface area (Å²) in [7, 11) is 4.89. The van der Waals surface area contributed by atoms with E-state index in [9.17, 15) is 5.11 Å². The Kier molecular flexibility index (Phi) is 9.37. The average Bonchev–Trinajstić information content (AvgIpc) is 2.71. The second-order valence-electron chi connectivity index (χ2n) is 6.30. The maximum atomic E-state index is 10.5. The Balaban J connectivity index is 1.99. The molecule has 0 aliphatic heterocycles. The molecule has 0 aliphatic carbocycles. The summed E-state index contributed by atoms with van der Waals surface area (Å²) in [5.74, 6) is 2.04. The number of methoxy groups -OCH3 is 3. The lowest BCUT2D eigenvalue weighted by Crippen LogP contribution is -2.37. The highest BCUT2D eigenvalue weighted by atomic mass is 35.5. The van der Waals surface area contributed by atoms with Gasteiger partial charge in [0.15, 0.2) is 11.5 Å². The molecule has 0 spiro atoms. The molecular formula is C21H28ClNO5. The van der Waals surface area contributed by atoms with E-state index in [2.05, 4.69) is 4.90 Å². The van der Waals surface area contributed by atoms with Crippen LogP contribution in [0.5, 0.6) is 17.2 Å². The molecule has 6 nitrogen and oxygen atoms in total. The topological polar surface area (TPSA) is 60.4 Å². The molecule has 0 heterocycles. The molecule has 0 aromatic heterocycles. The van der Waals surface area contributed by atoms with Crippen LogP contribution < -0.4 is 14.2 Å². The first kappa shape index (κ1) is 22.3. The van der Waals surface area contributed by atoms with Gasteiger partial charge in [-0.2, -0.15) is 0 Å². The van der Waals surface area contributed by atoms with Crippen molar-refractivity contribution >= 4 is 11.6 Å². The highest BCUT2D eigenvalue weighted by Crippen LogP contribution is 2.31. The highest BCUT2D eigenvalue weighted by Gasteiger charge is 2.17. The van der Waals surface area contributed by atoms with Crippen molar-refractivity contribution in [3.63, 3.8) is 0 Å². The number of ether oxygens (including phenoxy) is 4. The van der Waals surface area contributed by atoms with Crippen molar-refractivity contribution in [2.24, 2.45) is 0 Å². The van der Waals surface area contributed by atoms with Crippen LogP contribution in [0, 0.1) is 0 Å². The molecule has 2 rings (SSSR count). The molecule has 0 bridgehead atoms. The first-order chi connectivity index (χ1) is 13.6. The SMILES string of the molecule is COCCN(Cc1cccc(OC)c1OC)CC(O)COc1ccc(Cl)cc1. The van der Waals surface area contributed by atoms with Gasteiger partial charge in [-0.3, -0.25) is 4.90 Å². The molecule has 0 fully saturated rings. The fourth-order valence-corrected chi connectivity index (χ4v) is 2.97. The van der Waals surface area contributed by atoms with Crippen molar-refractivity contribution in [1.29, 1.82) is 0 Å². The van der Waals surface area contributed by atoms with Gasteiger partial charge in [-0.05, 0) is 30.3 Å². The second-order valence-corrected chi connectivity index (χ2v) is 6.74. The Bertz CT molecular complexity index is 710. The van der Waals surface area contributed by atoms with Crippen molar-refractivity contribution in [1.82, 2.24) is 4.90 Å². The fraction of sp³-hybridized carbons (Fsp3) is 0.429. The summed E-state index contributed by atoms with van der Waals surface area (Å²) < 4.78 is 21.7. The average molecular weight is 410 g/mol. The molecule has 1 unspecified atom stereocenters. The standard InChI is InChI=1S/C21H28ClNO5/c1-25-12-11-23(13-16-5-4-6-20(26-2)21(16)27-3)14-18(24)15-28-19-9-7-17(22)8-10-19/h4-10,18,24H,11-15H2,1-3H3. The number of nitrogens with zero attached hydrogens (tertiary/aromatic N) is 1. The molecular weight excluding hydrogens is 382 g/mol. The van der Waals surface area contributed by atoms with Gasteiger partial charge in [0.25, 0.3) is 0 Å². The van der Waals surface area contributed by atoms with Crippen molar-refractivity contribution in [2.45, 2.75) is 12.6 Å². The lowest BCUT2D eigenvalue weighted by Gasteiger charge is -2.26.